The van der Waals surface area contributed by atoms with Gasteiger partial charge in [-0.2, -0.15) is 0 Å². The largest absolute Gasteiger partial charge is 0.328 e. The van der Waals surface area contributed by atoms with Crippen molar-refractivity contribution in [2.45, 2.75) is 4.90 Å². The Hall–Kier alpha value is -2.98. The van der Waals surface area contributed by atoms with Crippen molar-refractivity contribution in [2.75, 3.05) is 6.54 Å². The topological polar surface area (TPSA) is 137 Å². The van der Waals surface area contributed by atoms with E-state index in [-0.39, 0.29) is 10.5 Å². The number of nitrogens with one attached hydrogen (secondary N) is 4. The van der Waals surface area contributed by atoms with Gasteiger partial charge >= 0.3 is 0 Å². The minimum Gasteiger partial charge on any atom is -0.328 e. The van der Waals surface area contributed by atoms with Crippen molar-refractivity contribution in [3.63, 3.8) is 0 Å². The first-order valence-electron chi connectivity index (χ1n) is 6.72. The molecule has 0 aliphatic heterocycles. The SMILES string of the molecule is O=C(CNS(=O)(=O)c1ccccc1)NNC(=O)c1ccc[nH]c1=O. The molecule has 24 heavy (non-hydrogen) atoms. The summed E-state index contributed by atoms with van der Waals surface area (Å²) in [7, 11) is -3.83. The number of amides is 2. The fraction of sp³-hybridized carbons (Fsp3) is 0.0714. The van der Waals surface area contributed by atoms with Gasteiger partial charge in [0.2, 0.25) is 10.0 Å². The third-order valence-electron chi connectivity index (χ3n) is 2.85. The van der Waals surface area contributed by atoms with Gasteiger partial charge in [-0.1, -0.05) is 18.2 Å². The minimum atomic E-state index is -3.83. The first-order chi connectivity index (χ1) is 11.4. The van der Waals surface area contributed by atoms with Gasteiger partial charge in [0.05, 0.1) is 11.4 Å². The van der Waals surface area contributed by atoms with E-state index < -0.39 is 33.9 Å². The summed E-state index contributed by atoms with van der Waals surface area (Å²) in [5, 5.41) is 0. The van der Waals surface area contributed by atoms with Crippen molar-refractivity contribution >= 4 is 21.8 Å². The van der Waals surface area contributed by atoms with Crippen LogP contribution < -0.4 is 21.1 Å². The summed E-state index contributed by atoms with van der Waals surface area (Å²) in [6.07, 6.45) is 1.36. The number of sulfonamides is 1. The van der Waals surface area contributed by atoms with E-state index in [1.54, 1.807) is 18.2 Å². The zero-order valence-corrected chi connectivity index (χ0v) is 13.1. The van der Waals surface area contributed by atoms with Crippen LogP contribution in [0.1, 0.15) is 10.4 Å². The van der Waals surface area contributed by atoms with Crippen LogP contribution in [-0.4, -0.2) is 31.8 Å². The van der Waals surface area contributed by atoms with Crippen molar-refractivity contribution in [3.05, 3.63) is 64.6 Å². The number of carbonyl (C=O) groups excluding carboxylic acids is 2. The summed E-state index contributed by atoms with van der Waals surface area (Å²) in [6, 6.07) is 10.2. The molecule has 0 aliphatic carbocycles. The maximum absolute atomic E-state index is 11.9. The van der Waals surface area contributed by atoms with Crippen molar-refractivity contribution in [1.82, 2.24) is 20.6 Å². The summed E-state index contributed by atoms with van der Waals surface area (Å²) in [4.78, 5) is 37.0. The van der Waals surface area contributed by atoms with Gasteiger partial charge in [-0.25, -0.2) is 13.1 Å². The van der Waals surface area contributed by atoms with Crippen molar-refractivity contribution < 1.29 is 18.0 Å². The molecule has 126 valence electrons. The summed E-state index contributed by atoms with van der Waals surface area (Å²) < 4.78 is 25.9. The molecule has 1 aromatic heterocycles. The van der Waals surface area contributed by atoms with Crippen molar-refractivity contribution in [2.24, 2.45) is 0 Å². The van der Waals surface area contributed by atoms with Gasteiger partial charge in [0, 0.05) is 6.20 Å². The van der Waals surface area contributed by atoms with Crippen LogP contribution in [0.3, 0.4) is 0 Å². The van der Waals surface area contributed by atoms with E-state index >= 15 is 0 Å². The number of aromatic nitrogens is 1. The molecule has 0 bridgehead atoms. The molecule has 9 nitrogen and oxygen atoms in total. The fourth-order valence-electron chi connectivity index (χ4n) is 1.68. The molecule has 0 saturated heterocycles. The third kappa shape index (κ3) is 4.51. The number of benzene rings is 1. The molecule has 4 N–H and O–H groups in total. The zero-order valence-electron chi connectivity index (χ0n) is 12.3. The maximum atomic E-state index is 11.9. The Labute approximate surface area is 137 Å². The average Bonchev–Trinajstić information content (AvgIpc) is 2.59. The summed E-state index contributed by atoms with van der Waals surface area (Å²) >= 11 is 0. The number of hydrazine groups is 1. The highest BCUT2D eigenvalue weighted by molar-refractivity contribution is 7.89. The van der Waals surface area contributed by atoms with Crippen molar-refractivity contribution in [1.29, 1.82) is 0 Å². The molecule has 0 fully saturated rings. The molecule has 2 rings (SSSR count). The van der Waals surface area contributed by atoms with Gasteiger partial charge in [0.15, 0.2) is 0 Å². The second-order valence-corrected chi connectivity index (χ2v) is 6.32. The number of rotatable bonds is 5. The standard InChI is InChI=1S/C14H14N4O5S/c19-12(9-16-24(22,23)10-5-2-1-3-6-10)17-18-14(21)11-7-4-8-15-13(11)20/h1-8,16H,9H2,(H,15,20)(H,17,19)(H,18,21). The Morgan fingerprint density at radius 2 is 1.71 bits per heavy atom. The van der Waals surface area contributed by atoms with E-state index in [2.05, 4.69) is 9.71 Å². The lowest BCUT2D eigenvalue weighted by molar-refractivity contribution is -0.120. The Balaban J connectivity index is 1.87. The van der Waals surface area contributed by atoms with Crippen LogP contribution in [0.25, 0.3) is 0 Å². The van der Waals surface area contributed by atoms with Gasteiger partial charge in [-0.3, -0.25) is 25.2 Å². The first-order valence-corrected chi connectivity index (χ1v) is 8.20. The minimum absolute atomic E-state index is 0.0117. The predicted octanol–water partition coefficient (Wildman–Crippen LogP) is -0.886. The second kappa shape index (κ2) is 7.53. The third-order valence-corrected chi connectivity index (χ3v) is 4.27. The van der Waals surface area contributed by atoms with Crippen LogP contribution >= 0.6 is 0 Å². The van der Waals surface area contributed by atoms with E-state index in [1.807, 2.05) is 10.9 Å². The van der Waals surface area contributed by atoms with Crippen LogP contribution in [0.4, 0.5) is 0 Å². The number of aromatic amines is 1. The molecule has 0 spiro atoms. The molecular formula is C14H14N4O5S. The molecule has 2 amide bonds. The molecule has 2 aromatic rings. The van der Waals surface area contributed by atoms with E-state index in [4.69, 9.17) is 0 Å². The van der Waals surface area contributed by atoms with Crippen LogP contribution in [-0.2, 0) is 14.8 Å². The Kier molecular flexibility index (Phi) is 5.45. The number of carbonyl (C=O) groups is 2. The summed E-state index contributed by atoms with van der Waals surface area (Å²) in [5.41, 5.74) is 3.23. The van der Waals surface area contributed by atoms with E-state index in [1.165, 1.54) is 30.5 Å². The highest BCUT2D eigenvalue weighted by atomic mass is 32.2. The molecule has 1 heterocycles. The molecule has 0 radical (unpaired) electrons. The highest BCUT2D eigenvalue weighted by Gasteiger charge is 2.15. The predicted molar refractivity (Wildman–Crippen MR) is 84.3 cm³/mol. The summed E-state index contributed by atoms with van der Waals surface area (Å²) in [5.74, 6) is -1.62. The van der Waals surface area contributed by atoms with Gasteiger partial charge < -0.3 is 4.98 Å². The van der Waals surface area contributed by atoms with Crippen LogP contribution in [0.5, 0.6) is 0 Å². The monoisotopic (exact) mass is 350 g/mol. The Morgan fingerprint density at radius 3 is 2.38 bits per heavy atom. The van der Waals surface area contributed by atoms with E-state index in [0.29, 0.717) is 0 Å². The lowest BCUT2D eigenvalue weighted by Gasteiger charge is -2.08. The molecule has 1 aromatic carbocycles. The maximum Gasteiger partial charge on any atom is 0.275 e. The lowest BCUT2D eigenvalue weighted by Crippen LogP contribution is -2.47. The normalized spacial score (nSPS) is 10.8. The summed E-state index contributed by atoms with van der Waals surface area (Å²) in [6.45, 7) is -0.581. The second-order valence-electron chi connectivity index (χ2n) is 4.55. The van der Waals surface area contributed by atoms with Crippen LogP contribution in [0, 0.1) is 0 Å². The number of hydrogen-bond acceptors (Lipinski definition) is 5. The smallest absolute Gasteiger partial charge is 0.275 e. The number of hydrogen-bond donors (Lipinski definition) is 4. The zero-order chi connectivity index (χ0) is 17.6. The average molecular weight is 350 g/mol. The van der Waals surface area contributed by atoms with Gasteiger partial charge in [-0.05, 0) is 24.3 Å². The highest BCUT2D eigenvalue weighted by Crippen LogP contribution is 2.06. The Morgan fingerprint density at radius 1 is 1.00 bits per heavy atom. The van der Waals surface area contributed by atoms with Crippen LogP contribution in [0.15, 0.2) is 58.4 Å². The fourth-order valence-corrected chi connectivity index (χ4v) is 2.69. The van der Waals surface area contributed by atoms with Gasteiger partial charge in [0.1, 0.15) is 5.56 Å². The molecule has 0 aliphatic rings. The molecular weight excluding hydrogens is 336 g/mol. The molecule has 0 unspecified atom stereocenters. The van der Waals surface area contributed by atoms with Gasteiger partial charge in [-0.15, -0.1) is 0 Å². The first kappa shape index (κ1) is 17.4. The molecule has 0 saturated carbocycles. The van der Waals surface area contributed by atoms with Crippen molar-refractivity contribution in [3.8, 4) is 0 Å². The molecule has 10 heteroatoms. The van der Waals surface area contributed by atoms with E-state index in [9.17, 15) is 22.8 Å². The Bertz CT molecular complexity index is 893. The quantitative estimate of drug-likeness (QED) is 0.519. The lowest BCUT2D eigenvalue weighted by atomic mass is 10.3. The van der Waals surface area contributed by atoms with E-state index in [0.717, 1.165) is 0 Å². The van der Waals surface area contributed by atoms with Crippen LogP contribution in [0.2, 0.25) is 0 Å². The van der Waals surface area contributed by atoms with Gasteiger partial charge in [0.25, 0.3) is 17.4 Å². The number of H-pyrrole nitrogens is 1. The molecule has 0 atom stereocenters. The number of pyridine rings is 1.